The zero-order chi connectivity index (χ0) is 10.1. The lowest BCUT2D eigenvalue weighted by Crippen LogP contribution is -2.03. The second-order valence-electron chi connectivity index (χ2n) is 3.69. The smallest absolute Gasteiger partial charge is 0.122 e. The summed E-state index contributed by atoms with van der Waals surface area (Å²) in [4.78, 5) is 0. The van der Waals surface area contributed by atoms with E-state index in [1.54, 1.807) is 0 Å². The van der Waals surface area contributed by atoms with Gasteiger partial charge in [-0.2, -0.15) is 10.5 Å². The molecular weight excluding hydrogens is 224 g/mol. The second kappa shape index (κ2) is 4.06. The number of hydrogen-bond acceptors (Lipinski definition) is 2. The number of para-hydroxylation sites is 1. The zero-order valence-corrected chi connectivity index (χ0v) is 9.89. The largest absolute Gasteiger partial charge is 0.493 e. The highest BCUT2D eigenvalue weighted by Crippen LogP contribution is 2.38. The first-order chi connectivity index (χ1) is 7.43. The molecule has 0 amide bonds. The molecule has 0 N–H and O–H groups in total. The molecule has 78 valence electrons. The van der Waals surface area contributed by atoms with E-state index in [-0.39, 0.29) is 0 Å². The van der Waals surface area contributed by atoms with Gasteiger partial charge in [0.1, 0.15) is 5.75 Å². The minimum atomic E-state index is 0.353. The predicted molar refractivity (Wildman–Crippen MR) is 69.9 cm³/mol. The van der Waals surface area contributed by atoms with Gasteiger partial charge in [0.25, 0.3) is 0 Å². The molecule has 3 heteroatoms. The second-order valence-corrected chi connectivity index (χ2v) is 6.54. The SMILES string of the molecule is C1=CS(CC2COc3ccccc32)=CS1. The lowest BCUT2D eigenvalue weighted by Gasteiger charge is -2.08. The normalized spacial score (nSPS) is 27.2. The van der Waals surface area contributed by atoms with Crippen molar-refractivity contribution in [2.45, 2.75) is 5.92 Å². The Bertz CT molecular complexity index is 437. The van der Waals surface area contributed by atoms with Gasteiger partial charge in [-0.25, -0.2) is 0 Å². The molecule has 0 saturated carbocycles. The van der Waals surface area contributed by atoms with E-state index in [1.807, 2.05) is 17.8 Å². The van der Waals surface area contributed by atoms with E-state index in [0.717, 1.165) is 12.4 Å². The van der Waals surface area contributed by atoms with Gasteiger partial charge in [-0.1, -0.05) is 30.0 Å². The molecule has 0 aliphatic carbocycles. The van der Waals surface area contributed by atoms with Crippen molar-refractivity contribution in [2.24, 2.45) is 0 Å². The Morgan fingerprint density at radius 3 is 3.20 bits per heavy atom. The van der Waals surface area contributed by atoms with Gasteiger partial charge in [0.05, 0.1) is 6.61 Å². The Kier molecular flexibility index (Phi) is 2.59. The molecule has 0 fully saturated rings. The molecule has 15 heavy (non-hydrogen) atoms. The number of rotatable bonds is 2. The van der Waals surface area contributed by atoms with Crippen molar-refractivity contribution in [3.05, 3.63) is 40.6 Å². The van der Waals surface area contributed by atoms with Crippen LogP contribution in [0.2, 0.25) is 0 Å². The van der Waals surface area contributed by atoms with Gasteiger partial charge in [-0.05, 0) is 16.9 Å². The summed E-state index contributed by atoms with van der Waals surface area (Å²) in [7, 11) is 0.353. The minimum absolute atomic E-state index is 0.353. The first kappa shape index (κ1) is 9.55. The summed E-state index contributed by atoms with van der Waals surface area (Å²) >= 11 is 1.81. The third-order valence-electron chi connectivity index (χ3n) is 2.68. The molecule has 1 aromatic carbocycles. The van der Waals surface area contributed by atoms with Crippen molar-refractivity contribution in [2.75, 3.05) is 12.4 Å². The lowest BCUT2D eigenvalue weighted by atomic mass is 10.0. The van der Waals surface area contributed by atoms with Crippen molar-refractivity contribution in [1.82, 2.24) is 0 Å². The third-order valence-corrected chi connectivity index (χ3v) is 5.85. The standard InChI is InChI=1S/C12H12OS2/c1-2-4-12-11(3-1)10(7-13-12)8-15-6-5-14-9-15/h1-6,9-10H,7-8H2. The van der Waals surface area contributed by atoms with Crippen LogP contribution in [0.25, 0.3) is 0 Å². The predicted octanol–water partition coefficient (Wildman–Crippen LogP) is 3.41. The maximum atomic E-state index is 5.68. The molecule has 0 spiro atoms. The number of ether oxygens (including phenoxy) is 1. The monoisotopic (exact) mass is 236 g/mol. The molecule has 2 atom stereocenters. The first-order valence-electron chi connectivity index (χ1n) is 4.99. The van der Waals surface area contributed by atoms with E-state index in [1.165, 1.54) is 11.3 Å². The number of hydrogen-bond donors (Lipinski definition) is 0. The Hall–Kier alpha value is -0.670. The van der Waals surface area contributed by atoms with Crippen LogP contribution in [-0.4, -0.2) is 17.1 Å². The molecule has 0 saturated heterocycles. The lowest BCUT2D eigenvalue weighted by molar-refractivity contribution is 0.339. The molecule has 3 rings (SSSR count). The van der Waals surface area contributed by atoms with Crippen LogP contribution in [0.5, 0.6) is 5.75 Å². The molecule has 2 aliphatic heterocycles. The van der Waals surface area contributed by atoms with Gasteiger partial charge in [0.15, 0.2) is 0 Å². The highest BCUT2D eigenvalue weighted by atomic mass is 32.2. The fourth-order valence-electron chi connectivity index (χ4n) is 1.93. The summed E-state index contributed by atoms with van der Waals surface area (Å²) in [5, 5.41) is 4.50. The summed E-state index contributed by atoms with van der Waals surface area (Å²) in [6, 6.07) is 8.41. The Morgan fingerprint density at radius 1 is 1.40 bits per heavy atom. The van der Waals surface area contributed by atoms with Crippen LogP contribution in [0.15, 0.2) is 35.1 Å². The molecule has 0 bridgehead atoms. The maximum absolute atomic E-state index is 5.68. The van der Waals surface area contributed by atoms with Crippen LogP contribution >= 0.6 is 22.2 Å². The Balaban J connectivity index is 1.82. The van der Waals surface area contributed by atoms with E-state index >= 15 is 0 Å². The molecule has 2 unspecified atom stereocenters. The number of benzene rings is 1. The molecule has 0 aromatic heterocycles. The molecular formula is C12H12OS2. The van der Waals surface area contributed by atoms with Gasteiger partial charge in [-0.15, -0.1) is 0 Å². The molecule has 2 heterocycles. The quantitative estimate of drug-likeness (QED) is 0.728. The molecule has 1 nitrogen and oxygen atoms in total. The Morgan fingerprint density at radius 2 is 2.33 bits per heavy atom. The van der Waals surface area contributed by atoms with Crippen LogP contribution in [-0.2, 0) is 0 Å². The molecule has 0 radical (unpaired) electrons. The molecule has 1 aromatic rings. The maximum Gasteiger partial charge on any atom is 0.122 e. The third kappa shape index (κ3) is 1.86. The topological polar surface area (TPSA) is 9.23 Å². The number of fused-ring (bicyclic) bond motifs is 1. The van der Waals surface area contributed by atoms with Gasteiger partial charge in [0.2, 0.25) is 0 Å². The van der Waals surface area contributed by atoms with Gasteiger partial charge < -0.3 is 4.74 Å². The highest BCUT2D eigenvalue weighted by Gasteiger charge is 2.23. The van der Waals surface area contributed by atoms with Crippen molar-refractivity contribution < 1.29 is 4.74 Å². The van der Waals surface area contributed by atoms with Crippen LogP contribution in [0, 0.1) is 0 Å². The average Bonchev–Trinajstić information content (AvgIpc) is 2.89. The first-order valence-corrected chi connectivity index (χ1v) is 7.45. The van der Waals surface area contributed by atoms with Gasteiger partial charge in [-0.3, -0.25) is 0 Å². The number of thioether (sulfide) groups is 1. The van der Waals surface area contributed by atoms with Crippen molar-refractivity contribution in [3.63, 3.8) is 0 Å². The Labute approximate surface area is 96.5 Å². The van der Waals surface area contributed by atoms with Crippen LogP contribution in [0.1, 0.15) is 11.5 Å². The van der Waals surface area contributed by atoms with Crippen molar-refractivity contribution in [3.8, 4) is 5.75 Å². The van der Waals surface area contributed by atoms with E-state index in [9.17, 15) is 0 Å². The summed E-state index contributed by atoms with van der Waals surface area (Å²) < 4.78 is 8.02. The fraction of sp³-hybridized carbons (Fsp3) is 0.250. The van der Waals surface area contributed by atoms with Crippen LogP contribution < -0.4 is 4.74 Å². The van der Waals surface area contributed by atoms with E-state index in [0.29, 0.717) is 16.4 Å². The van der Waals surface area contributed by atoms with E-state index in [2.05, 4.69) is 33.7 Å². The highest BCUT2D eigenvalue weighted by molar-refractivity contribution is 8.36. The van der Waals surface area contributed by atoms with Crippen molar-refractivity contribution >= 4 is 26.9 Å². The minimum Gasteiger partial charge on any atom is -0.493 e. The summed E-state index contributed by atoms with van der Waals surface area (Å²) in [6.45, 7) is 0.856. The average molecular weight is 236 g/mol. The summed E-state index contributed by atoms with van der Waals surface area (Å²) in [5.41, 5.74) is 1.39. The van der Waals surface area contributed by atoms with Gasteiger partial charge in [0, 0.05) is 21.9 Å². The van der Waals surface area contributed by atoms with Crippen LogP contribution in [0.3, 0.4) is 0 Å². The van der Waals surface area contributed by atoms with E-state index < -0.39 is 0 Å². The van der Waals surface area contributed by atoms with Crippen LogP contribution in [0.4, 0.5) is 0 Å². The van der Waals surface area contributed by atoms with Gasteiger partial charge >= 0.3 is 0 Å². The fourth-order valence-corrected chi connectivity index (χ4v) is 5.01. The molecule has 2 aliphatic rings. The summed E-state index contributed by atoms with van der Waals surface area (Å²) in [6.07, 6.45) is 0. The summed E-state index contributed by atoms with van der Waals surface area (Å²) in [5.74, 6) is 2.88. The van der Waals surface area contributed by atoms with Crippen molar-refractivity contribution in [1.29, 1.82) is 0 Å². The van der Waals surface area contributed by atoms with E-state index in [4.69, 9.17) is 4.74 Å². The zero-order valence-electron chi connectivity index (χ0n) is 8.26.